The van der Waals surface area contributed by atoms with Crippen LogP contribution < -0.4 is 9.64 Å². The SMILES string of the molecule is O=C1[C@@H]2[C@@H](C(=O)N1c1ccc(OCc3c(Cl)cccc3Cl)cc1)[C@H]1C=C[C@H]2C1. The van der Waals surface area contributed by atoms with E-state index >= 15 is 0 Å². The molecule has 4 atom stereocenters. The molecule has 0 aromatic heterocycles. The number of benzene rings is 2. The van der Waals surface area contributed by atoms with Crippen molar-refractivity contribution in [1.29, 1.82) is 0 Å². The number of carbonyl (C=O) groups is 2. The van der Waals surface area contributed by atoms with Crippen LogP contribution in [0.4, 0.5) is 5.69 Å². The molecule has 0 unspecified atom stereocenters. The highest BCUT2D eigenvalue weighted by molar-refractivity contribution is 6.36. The second-order valence-electron chi connectivity index (χ2n) is 7.49. The van der Waals surface area contributed by atoms with E-state index in [-0.39, 0.29) is 42.1 Å². The fraction of sp³-hybridized carbons (Fsp3) is 0.273. The quantitative estimate of drug-likeness (QED) is 0.529. The maximum atomic E-state index is 12.9. The van der Waals surface area contributed by atoms with Gasteiger partial charge in [-0.1, -0.05) is 41.4 Å². The van der Waals surface area contributed by atoms with Crippen LogP contribution in [0.5, 0.6) is 5.75 Å². The van der Waals surface area contributed by atoms with Crippen molar-refractivity contribution in [2.75, 3.05) is 4.90 Å². The largest absolute Gasteiger partial charge is 0.489 e. The van der Waals surface area contributed by atoms with Crippen molar-refractivity contribution < 1.29 is 14.3 Å². The van der Waals surface area contributed by atoms with E-state index in [1.807, 2.05) is 0 Å². The first-order valence-electron chi connectivity index (χ1n) is 9.26. The van der Waals surface area contributed by atoms with E-state index < -0.39 is 0 Å². The van der Waals surface area contributed by atoms with Gasteiger partial charge in [-0.2, -0.15) is 0 Å². The third kappa shape index (κ3) is 2.66. The molecule has 3 aliphatic rings. The summed E-state index contributed by atoms with van der Waals surface area (Å²) in [6, 6.07) is 12.3. The van der Waals surface area contributed by atoms with Crippen molar-refractivity contribution in [3.05, 3.63) is 70.2 Å². The Kier molecular flexibility index (Phi) is 4.22. The van der Waals surface area contributed by atoms with Gasteiger partial charge in [0.25, 0.3) is 0 Å². The van der Waals surface area contributed by atoms with E-state index in [2.05, 4.69) is 12.2 Å². The third-order valence-electron chi connectivity index (χ3n) is 6.01. The molecule has 4 nitrogen and oxygen atoms in total. The lowest BCUT2D eigenvalue weighted by molar-refractivity contribution is -0.123. The van der Waals surface area contributed by atoms with Crippen molar-refractivity contribution in [3.8, 4) is 5.75 Å². The van der Waals surface area contributed by atoms with Gasteiger partial charge in [-0.15, -0.1) is 0 Å². The second kappa shape index (κ2) is 6.64. The molecule has 2 aromatic carbocycles. The van der Waals surface area contributed by atoms with Crippen LogP contribution in [0.15, 0.2) is 54.6 Å². The Morgan fingerprint density at radius 3 is 2.04 bits per heavy atom. The molecule has 28 heavy (non-hydrogen) atoms. The Hall–Kier alpha value is -2.30. The van der Waals surface area contributed by atoms with Gasteiger partial charge in [0.2, 0.25) is 11.8 Å². The van der Waals surface area contributed by atoms with Crippen molar-refractivity contribution in [2.45, 2.75) is 13.0 Å². The Morgan fingerprint density at radius 2 is 1.46 bits per heavy atom. The molecule has 2 aromatic rings. The van der Waals surface area contributed by atoms with Gasteiger partial charge in [0.1, 0.15) is 12.4 Å². The molecule has 2 aliphatic carbocycles. The van der Waals surface area contributed by atoms with Crippen LogP contribution in [0, 0.1) is 23.7 Å². The summed E-state index contributed by atoms with van der Waals surface area (Å²) >= 11 is 12.3. The van der Waals surface area contributed by atoms with Gasteiger partial charge >= 0.3 is 0 Å². The molecule has 1 saturated heterocycles. The average molecular weight is 414 g/mol. The van der Waals surface area contributed by atoms with Crippen LogP contribution in [0.2, 0.25) is 10.0 Å². The molecule has 0 radical (unpaired) electrons. The van der Waals surface area contributed by atoms with E-state index in [1.165, 1.54) is 4.90 Å². The maximum absolute atomic E-state index is 12.9. The molecule has 0 N–H and O–H groups in total. The summed E-state index contributed by atoms with van der Waals surface area (Å²) in [7, 11) is 0. The van der Waals surface area contributed by atoms with Crippen LogP contribution >= 0.6 is 23.2 Å². The number of ether oxygens (including phenoxy) is 1. The standard InChI is InChI=1S/C22H17Cl2NO3/c23-17-2-1-3-18(24)16(17)11-28-15-8-6-14(7-9-15)25-21(26)19-12-4-5-13(10-12)20(19)22(25)27/h1-9,12-13,19-20H,10-11H2/t12-,13-,19-,20-/m0/s1. The minimum absolute atomic E-state index is 0.0802. The maximum Gasteiger partial charge on any atom is 0.238 e. The lowest BCUT2D eigenvalue weighted by atomic mass is 9.85. The zero-order chi connectivity index (χ0) is 19.4. The third-order valence-corrected chi connectivity index (χ3v) is 6.72. The Balaban J connectivity index is 1.32. The average Bonchev–Trinajstić information content (AvgIpc) is 3.36. The number of nitrogens with zero attached hydrogens (tertiary/aromatic N) is 1. The number of anilines is 1. The molecule has 2 amide bonds. The highest BCUT2D eigenvalue weighted by Crippen LogP contribution is 2.53. The van der Waals surface area contributed by atoms with E-state index in [4.69, 9.17) is 27.9 Å². The predicted octanol–water partition coefficient (Wildman–Crippen LogP) is 4.88. The lowest BCUT2D eigenvalue weighted by Gasteiger charge is -2.18. The number of hydrogen-bond acceptors (Lipinski definition) is 3. The fourth-order valence-corrected chi connectivity index (χ4v) is 5.18. The minimum Gasteiger partial charge on any atom is -0.489 e. The Labute approximate surface area is 172 Å². The molecule has 1 aliphatic heterocycles. The van der Waals surface area contributed by atoms with Gasteiger partial charge in [0.15, 0.2) is 0 Å². The van der Waals surface area contributed by atoms with E-state index in [0.29, 0.717) is 21.5 Å². The van der Waals surface area contributed by atoms with Crippen LogP contribution in [-0.2, 0) is 16.2 Å². The van der Waals surface area contributed by atoms with Gasteiger partial charge in [0, 0.05) is 15.6 Å². The number of halogens is 2. The Bertz CT molecular complexity index is 951. The number of allylic oxidation sites excluding steroid dienone is 2. The number of amides is 2. The molecule has 2 bridgehead atoms. The fourth-order valence-electron chi connectivity index (χ4n) is 4.67. The topological polar surface area (TPSA) is 46.6 Å². The summed E-state index contributed by atoms with van der Waals surface area (Å²) in [4.78, 5) is 27.1. The second-order valence-corrected chi connectivity index (χ2v) is 8.31. The minimum atomic E-state index is -0.194. The first-order valence-corrected chi connectivity index (χ1v) is 10.0. The van der Waals surface area contributed by atoms with Gasteiger partial charge in [0.05, 0.1) is 17.5 Å². The summed E-state index contributed by atoms with van der Waals surface area (Å²) in [6.07, 6.45) is 5.12. The van der Waals surface area contributed by atoms with Crippen molar-refractivity contribution >= 4 is 40.7 Å². The zero-order valence-corrected chi connectivity index (χ0v) is 16.4. The number of rotatable bonds is 4. The summed E-state index contributed by atoms with van der Waals surface area (Å²) in [5, 5.41) is 1.10. The van der Waals surface area contributed by atoms with Gasteiger partial charge in [-0.3, -0.25) is 14.5 Å². The van der Waals surface area contributed by atoms with Crippen LogP contribution in [0.3, 0.4) is 0 Å². The molecule has 1 saturated carbocycles. The number of imide groups is 1. The van der Waals surface area contributed by atoms with Gasteiger partial charge < -0.3 is 4.74 Å². The monoisotopic (exact) mass is 413 g/mol. The van der Waals surface area contributed by atoms with Gasteiger partial charge in [-0.25, -0.2) is 0 Å². The van der Waals surface area contributed by atoms with E-state index in [1.54, 1.807) is 42.5 Å². The zero-order valence-electron chi connectivity index (χ0n) is 14.8. The molecular weight excluding hydrogens is 397 g/mol. The van der Waals surface area contributed by atoms with Crippen molar-refractivity contribution in [2.24, 2.45) is 23.7 Å². The summed E-state index contributed by atoms with van der Waals surface area (Å²) in [6.45, 7) is 0.235. The molecule has 6 heteroatoms. The molecular formula is C22H17Cl2NO3. The number of hydrogen-bond donors (Lipinski definition) is 0. The van der Waals surface area contributed by atoms with Crippen molar-refractivity contribution in [3.63, 3.8) is 0 Å². The van der Waals surface area contributed by atoms with E-state index in [0.717, 1.165) is 12.0 Å². The molecule has 1 heterocycles. The lowest BCUT2D eigenvalue weighted by Crippen LogP contribution is -2.32. The van der Waals surface area contributed by atoms with E-state index in [9.17, 15) is 9.59 Å². The van der Waals surface area contributed by atoms with Crippen LogP contribution in [0.25, 0.3) is 0 Å². The smallest absolute Gasteiger partial charge is 0.238 e. The van der Waals surface area contributed by atoms with Crippen LogP contribution in [-0.4, -0.2) is 11.8 Å². The number of fused-ring (bicyclic) bond motifs is 5. The predicted molar refractivity (Wildman–Crippen MR) is 107 cm³/mol. The summed E-state index contributed by atoms with van der Waals surface area (Å²) in [5.41, 5.74) is 1.31. The van der Waals surface area contributed by atoms with Crippen LogP contribution in [0.1, 0.15) is 12.0 Å². The van der Waals surface area contributed by atoms with Crippen molar-refractivity contribution in [1.82, 2.24) is 0 Å². The normalized spacial score (nSPS) is 27.6. The highest BCUT2D eigenvalue weighted by atomic mass is 35.5. The summed E-state index contributed by atoms with van der Waals surface area (Å²) in [5.74, 6) is 0.480. The summed E-state index contributed by atoms with van der Waals surface area (Å²) < 4.78 is 5.78. The first-order chi connectivity index (χ1) is 13.5. The first kappa shape index (κ1) is 17.8. The number of carbonyl (C=O) groups excluding carboxylic acids is 2. The van der Waals surface area contributed by atoms with Gasteiger partial charge in [-0.05, 0) is 54.7 Å². The molecule has 0 spiro atoms. The highest BCUT2D eigenvalue weighted by Gasteiger charge is 2.59. The molecule has 142 valence electrons. The molecule has 2 fully saturated rings. The Morgan fingerprint density at radius 1 is 0.893 bits per heavy atom. The molecule has 5 rings (SSSR count).